The molecule has 1 amide bonds. The van der Waals surface area contributed by atoms with E-state index in [1.54, 1.807) is 0 Å². The number of benzene rings is 2. The Kier molecular flexibility index (Phi) is 7.02. The summed E-state index contributed by atoms with van der Waals surface area (Å²) in [5.41, 5.74) is -0.414. The van der Waals surface area contributed by atoms with Gasteiger partial charge in [0.15, 0.2) is 0 Å². The summed E-state index contributed by atoms with van der Waals surface area (Å²) >= 11 is 0. The van der Waals surface area contributed by atoms with Gasteiger partial charge in [0.2, 0.25) is 0 Å². The number of halogens is 3. The van der Waals surface area contributed by atoms with Crippen molar-refractivity contribution in [3.8, 4) is 0 Å². The number of nitrogens with zero attached hydrogens (tertiary/aromatic N) is 1. The Bertz CT molecular complexity index is 1100. The smallest absolute Gasteiger partial charge is 0.416 e. The zero-order chi connectivity index (χ0) is 24.2. The molecule has 8 nitrogen and oxygen atoms in total. The first-order valence-electron chi connectivity index (χ1n) is 9.49. The molecular formula is C22H19F3N2O6. The van der Waals surface area contributed by atoms with Gasteiger partial charge in [-0.05, 0) is 42.5 Å². The van der Waals surface area contributed by atoms with E-state index < -0.39 is 29.6 Å². The molecule has 0 radical (unpaired) electrons. The van der Waals surface area contributed by atoms with E-state index in [2.05, 4.69) is 5.32 Å². The molecule has 33 heavy (non-hydrogen) atoms. The van der Waals surface area contributed by atoms with Crippen molar-refractivity contribution in [1.82, 2.24) is 0 Å². The number of anilines is 2. The Labute approximate surface area is 186 Å². The van der Waals surface area contributed by atoms with E-state index in [-0.39, 0.29) is 35.9 Å². The van der Waals surface area contributed by atoms with Gasteiger partial charge in [-0.2, -0.15) is 13.2 Å². The molecule has 2 aromatic carbocycles. The predicted octanol–water partition coefficient (Wildman–Crippen LogP) is 3.35. The van der Waals surface area contributed by atoms with Gasteiger partial charge in [-0.3, -0.25) is 4.79 Å². The van der Waals surface area contributed by atoms with Crippen LogP contribution in [0.25, 0.3) is 0 Å². The summed E-state index contributed by atoms with van der Waals surface area (Å²) in [6.07, 6.45) is -4.53. The number of methoxy groups -OCH3 is 2. The molecule has 0 fully saturated rings. The largest absolute Gasteiger partial charge is 0.466 e. The Morgan fingerprint density at radius 3 is 2.27 bits per heavy atom. The molecule has 1 heterocycles. The third kappa shape index (κ3) is 5.32. The molecule has 3 rings (SSSR count). The maximum Gasteiger partial charge on any atom is 0.416 e. The summed E-state index contributed by atoms with van der Waals surface area (Å²) in [5.74, 6) is -2.16. The van der Waals surface area contributed by atoms with Gasteiger partial charge < -0.3 is 24.4 Å². The van der Waals surface area contributed by atoms with Crippen LogP contribution in [-0.2, 0) is 30.0 Å². The molecule has 174 valence electrons. The second-order valence-electron chi connectivity index (χ2n) is 6.80. The SMILES string of the molecule is COC(=O)C1=C(C(=O)OC)N(c2ccc(C(=O)Nc3cccc(C(F)(F)F)c3)cc2)COC1. The van der Waals surface area contributed by atoms with Crippen LogP contribution in [0.3, 0.4) is 0 Å². The minimum atomic E-state index is -4.53. The average molecular weight is 464 g/mol. The number of carbonyl (C=O) groups excluding carboxylic acids is 3. The number of amides is 1. The van der Waals surface area contributed by atoms with Crippen molar-refractivity contribution in [2.75, 3.05) is 37.8 Å². The molecule has 0 bridgehead atoms. The van der Waals surface area contributed by atoms with Crippen molar-refractivity contribution in [2.24, 2.45) is 0 Å². The molecule has 0 unspecified atom stereocenters. The third-order valence-corrected chi connectivity index (χ3v) is 4.72. The van der Waals surface area contributed by atoms with Crippen molar-refractivity contribution in [3.05, 3.63) is 70.9 Å². The number of hydrogen-bond donors (Lipinski definition) is 1. The number of ether oxygens (including phenoxy) is 3. The number of rotatable bonds is 5. The summed E-state index contributed by atoms with van der Waals surface area (Å²) in [7, 11) is 2.33. The van der Waals surface area contributed by atoms with Crippen molar-refractivity contribution in [3.63, 3.8) is 0 Å². The fourth-order valence-electron chi connectivity index (χ4n) is 3.12. The maximum absolute atomic E-state index is 12.9. The average Bonchev–Trinajstić information content (AvgIpc) is 2.82. The highest BCUT2D eigenvalue weighted by Crippen LogP contribution is 2.31. The van der Waals surface area contributed by atoms with Gasteiger partial charge in [-0.1, -0.05) is 6.07 Å². The molecule has 0 saturated carbocycles. The number of carbonyl (C=O) groups is 3. The van der Waals surface area contributed by atoms with Crippen LogP contribution < -0.4 is 10.2 Å². The minimum absolute atomic E-state index is 0.0121. The Morgan fingerprint density at radius 2 is 1.67 bits per heavy atom. The number of nitrogens with one attached hydrogen (secondary N) is 1. The topological polar surface area (TPSA) is 94.2 Å². The first kappa shape index (κ1) is 23.8. The summed E-state index contributed by atoms with van der Waals surface area (Å²) in [5, 5.41) is 2.41. The van der Waals surface area contributed by atoms with Gasteiger partial charge in [0.25, 0.3) is 5.91 Å². The molecule has 0 aliphatic carbocycles. The van der Waals surface area contributed by atoms with Crippen LogP contribution in [0.5, 0.6) is 0 Å². The summed E-state index contributed by atoms with van der Waals surface area (Å²) in [6, 6.07) is 10.1. The highest BCUT2D eigenvalue weighted by Gasteiger charge is 2.33. The van der Waals surface area contributed by atoms with E-state index in [1.165, 1.54) is 55.5 Å². The normalized spacial score (nSPS) is 14.0. The molecule has 1 N–H and O–H groups in total. The molecule has 1 aliphatic rings. The van der Waals surface area contributed by atoms with E-state index in [1.807, 2.05) is 0 Å². The van der Waals surface area contributed by atoms with Crippen LogP contribution in [0.4, 0.5) is 24.5 Å². The second-order valence-corrected chi connectivity index (χ2v) is 6.80. The van der Waals surface area contributed by atoms with Crippen LogP contribution in [0.1, 0.15) is 15.9 Å². The Morgan fingerprint density at radius 1 is 1.00 bits per heavy atom. The van der Waals surface area contributed by atoms with E-state index in [9.17, 15) is 27.6 Å². The third-order valence-electron chi connectivity index (χ3n) is 4.72. The molecule has 1 aliphatic heterocycles. The molecular weight excluding hydrogens is 445 g/mol. The van der Waals surface area contributed by atoms with Crippen LogP contribution in [0, 0.1) is 0 Å². The maximum atomic E-state index is 12.9. The van der Waals surface area contributed by atoms with Crippen LogP contribution in [-0.4, -0.2) is 45.4 Å². The minimum Gasteiger partial charge on any atom is -0.466 e. The lowest BCUT2D eigenvalue weighted by molar-refractivity contribution is -0.140. The summed E-state index contributed by atoms with van der Waals surface area (Å²) in [6.45, 7) is -0.216. The zero-order valence-corrected chi connectivity index (χ0v) is 17.6. The van der Waals surface area contributed by atoms with Crippen molar-refractivity contribution in [2.45, 2.75) is 6.18 Å². The lowest BCUT2D eigenvalue weighted by Gasteiger charge is -2.31. The lowest BCUT2D eigenvalue weighted by atomic mass is 10.1. The Balaban J connectivity index is 1.84. The van der Waals surface area contributed by atoms with Crippen molar-refractivity contribution in [1.29, 1.82) is 0 Å². The number of esters is 2. The molecule has 0 atom stereocenters. The zero-order valence-electron chi connectivity index (χ0n) is 17.6. The van der Waals surface area contributed by atoms with Crippen molar-refractivity contribution >= 4 is 29.2 Å². The molecule has 2 aromatic rings. The van der Waals surface area contributed by atoms with E-state index in [0.29, 0.717) is 5.69 Å². The highest BCUT2D eigenvalue weighted by molar-refractivity contribution is 6.05. The van der Waals surface area contributed by atoms with Crippen molar-refractivity contribution < 1.29 is 41.8 Å². The first-order chi connectivity index (χ1) is 15.7. The highest BCUT2D eigenvalue weighted by atomic mass is 19.4. The second kappa shape index (κ2) is 9.74. The summed E-state index contributed by atoms with van der Waals surface area (Å²) in [4.78, 5) is 38.3. The fraction of sp³-hybridized carbons (Fsp3) is 0.227. The van der Waals surface area contributed by atoms with Gasteiger partial charge in [0, 0.05) is 16.9 Å². The van der Waals surface area contributed by atoms with Gasteiger partial charge >= 0.3 is 18.1 Å². The molecule has 11 heteroatoms. The monoisotopic (exact) mass is 464 g/mol. The van der Waals surface area contributed by atoms with E-state index >= 15 is 0 Å². The van der Waals surface area contributed by atoms with Crippen LogP contribution >= 0.6 is 0 Å². The fourth-order valence-corrected chi connectivity index (χ4v) is 3.12. The lowest BCUT2D eigenvalue weighted by Crippen LogP contribution is -2.38. The Hall–Kier alpha value is -3.86. The standard InChI is InChI=1S/C22H19F3N2O6/c1-31-20(29)17-11-33-12-27(18(17)21(30)32-2)16-8-6-13(7-9-16)19(28)26-15-5-3-4-14(10-15)22(23,24)25/h3-10H,11-12H2,1-2H3,(H,26,28). The quantitative estimate of drug-likeness (QED) is 0.679. The number of hydrogen-bond acceptors (Lipinski definition) is 7. The first-order valence-corrected chi connectivity index (χ1v) is 9.49. The van der Waals surface area contributed by atoms with Gasteiger partial charge in [-0.25, -0.2) is 9.59 Å². The summed E-state index contributed by atoms with van der Waals surface area (Å²) < 4.78 is 53.5. The van der Waals surface area contributed by atoms with Gasteiger partial charge in [0.05, 0.1) is 32.0 Å². The number of alkyl halides is 3. The van der Waals surface area contributed by atoms with Crippen LogP contribution in [0.2, 0.25) is 0 Å². The van der Waals surface area contributed by atoms with Gasteiger partial charge in [-0.15, -0.1) is 0 Å². The van der Waals surface area contributed by atoms with E-state index in [4.69, 9.17) is 14.2 Å². The molecule has 0 spiro atoms. The van der Waals surface area contributed by atoms with Gasteiger partial charge in [0.1, 0.15) is 12.4 Å². The predicted molar refractivity (Wildman–Crippen MR) is 110 cm³/mol. The van der Waals surface area contributed by atoms with Crippen LogP contribution in [0.15, 0.2) is 59.8 Å². The molecule has 0 aromatic heterocycles. The van der Waals surface area contributed by atoms with E-state index in [0.717, 1.165) is 12.1 Å². The molecule has 0 saturated heterocycles.